The van der Waals surface area contributed by atoms with E-state index in [2.05, 4.69) is 39.7 Å². The van der Waals surface area contributed by atoms with Gasteiger partial charge in [0.2, 0.25) is 5.95 Å². The van der Waals surface area contributed by atoms with Crippen molar-refractivity contribution >= 4 is 29.1 Å². The summed E-state index contributed by atoms with van der Waals surface area (Å²) in [6.07, 6.45) is 1.59. The Balaban J connectivity index is 2.11. The van der Waals surface area contributed by atoms with Crippen LogP contribution in [0.25, 0.3) is 0 Å². The van der Waals surface area contributed by atoms with E-state index in [9.17, 15) is 0 Å². The van der Waals surface area contributed by atoms with Crippen molar-refractivity contribution < 1.29 is 0 Å². The highest BCUT2D eigenvalue weighted by atomic mass is 35.5. The Morgan fingerprint density at radius 1 is 1.30 bits per heavy atom. The summed E-state index contributed by atoms with van der Waals surface area (Å²) in [7, 11) is 0. The number of halogens is 1. The van der Waals surface area contributed by atoms with E-state index in [0.29, 0.717) is 22.7 Å². The van der Waals surface area contributed by atoms with Crippen molar-refractivity contribution in [3.8, 4) is 0 Å². The second kappa shape index (κ2) is 6.52. The van der Waals surface area contributed by atoms with Crippen LogP contribution < -0.4 is 10.6 Å². The minimum Gasteiger partial charge on any atom is -0.353 e. The monoisotopic (exact) mass is 291 g/mol. The topological polar surface area (TPSA) is 62.7 Å². The molecule has 0 aliphatic carbocycles. The Bertz CT molecular complexity index is 586. The van der Waals surface area contributed by atoms with E-state index in [4.69, 9.17) is 11.6 Å². The molecule has 1 heterocycles. The van der Waals surface area contributed by atoms with Gasteiger partial charge in [0.1, 0.15) is 0 Å². The second-order valence-electron chi connectivity index (χ2n) is 5.02. The van der Waals surface area contributed by atoms with Crippen molar-refractivity contribution in [2.75, 3.05) is 17.2 Å². The van der Waals surface area contributed by atoms with Crippen molar-refractivity contribution in [2.45, 2.75) is 20.8 Å². The zero-order valence-corrected chi connectivity index (χ0v) is 12.6. The zero-order valence-electron chi connectivity index (χ0n) is 11.8. The maximum Gasteiger partial charge on any atom is 0.244 e. The van der Waals surface area contributed by atoms with Gasteiger partial charge in [-0.2, -0.15) is 10.1 Å². The van der Waals surface area contributed by atoms with Crippen LogP contribution in [0.5, 0.6) is 0 Å². The van der Waals surface area contributed by atoms with Gasteiger partial charge in [-0.3, -0.25) is 0 Å². The molecule has 1 aromatic heterocycles. The van der Waals surface area contributed by atoms with Crippen LogP contribution in [0.1, 0.15) is 19.4 Å². The number of nitrogens with one attached hydrogen (secondary N) is 2. The Kier molecular flexibility index (Phi) is 4.74. The SMILES string of the molecule is Cc1cc(Cl)ccc1Nc1cnnc(NCC(C)C)n1. The Morgan fingerprint density at radius 2 is 2.10 bits per heavy atom. The molecule has 0 bridgehead atoms. The van der Waals surface area contributed by atoms with Crippen LogP contribution in [0.15, 0.2) is 24.4 Å². The molecule has 0 aliphatic heterocycles. The van der Waals surface area contributed by atoms with E-state index in [0.717, 1.165) is 17.8 Å². The smallest absolute Gasteiger partial charge is 0.244 e. The minimum atomic E-state index is 0.522. The van der Waals surface area contributed by atoms with Crippen molar-refractivity contribution in [1.29, 1.82) is 0 Å². The standard InChI is InChI=1S/C14H18ClN5/c1-9(2)7-16-14-19-13(8-17-20-14)18-12-5-4-11(15)6-10(12)3/h4-6,8-9H,7H2,1-3H3,(H2,16,18,19,20). The first-order chi connectivity index (χ1) is 9.54. The number of nitrogens with zero attached hydrogens (tertiary/aromatic N) is 3. The molecule has 106 valence electrons. The molecule has 0 spiro atoms. The van der Waals surface area contributed by atoms with Gasteiger partial charge in [0.25, 0.3) is 0 Å². The van der Waals surface area contributed by atoms with Gasteiger partial charge in [-0.1, -0.05) is 25.4 Å². The van der Waals surface area contributed by atoms with Gasteiger partial charge in [0, 0.05) is 17.3 Å². The second-order valence-corrected chi connectivity index (χ2v) is 5.46. The lowest BCUT2D eigenvalue weighted by molar-refractivity contribution is 0.682. The molecule has 2 aromatic rings. The molecule has 0 radical (unpaired) electrons. The molecule has 0 amide bonds. The fourth-order valence-electron chi connectivity index (χ4n) is 1.64. The first kappa shape index (κ1) is 14.5. The lowest BCUT2D eigenvalue weighted by Gasteiger charge is -2.10. The van der Waals surface area contributed by atoms with E-state index in [1.165, 1.54) is 0 Å². The average Bonchev–Trinajstić information content (AvgIpc) is 2.40. The van der Waals surface area contributed by atoms with Crippen LogP contribution in [0, 0.1) is 12.8 Å². The number of rotatable bonds is 5. The van der Waals surface area contributed by atoms with E-state index in [1.807, 2.05) is 25.1 Å². The molecule has 0 saturated heterocycles. The third-order valence-corrected chi connectivity index (χ3v) is 2.91. The Hall–Kier alpha value is -1.88. The number of hydrogen-bond donors (Lipinski definition) is 2. The van der Waals surface area contributed by atoms with Gasteiger partial charge < -0.3 is 10.6 Å². The molecule has 6 heteroatoms. The van der Waals surface area contributed by atoms with Crippen LogP contribution in [0.3, 0.4) is 0 Å². The van der Waals surface area contributed by atoms with Gasteiger partial charge in [0.05, 0.1) is 6.20 Å². The molecule has 5 nitrogen and oxygen atoms in total. The predicted molar refractivity (Wildman–Crippen MR) is 82.6 cm³/mol. The highest BCUT2D eigenvalue weighted by molar-refractivity contribution is 6.30. The number of aromatic nitrogens is 3. The van der Waals surface area contributed by atoms with E-state index in [-0.39, 0.29) is 0 Å². The van der Waals surface area contributed by atoms with E-state index < -0.39 is 0 Å². The first-order valence-electron chi connectivity index (χ1n) is 6.51. The summed E-state index contributed by atoms with van der Waals surface area (Å²) in [6, 6.07) is 5.65. The third kappa shape index (κ3) is 4.06. The largest absolute Gasteiger partial charge is 0.353 e. The highest BCUT2D eigenvalue weighted by Gasteiger charge is 2.04. The van der Waals surface area contributed by atoms with Crippen molar-refractivity contribution in [1.82, 2.24) is 15.2 Å². The molecule has 2 N–H and O–H groups in total. The quantitative estimate of drug-likeness (QED) is 0.880. The Morgan fingerprint density at radius 3 is 2.80 bits per heavy atom. The summed E-state index contributed by atoms with van der Waals surface area (Å²) >= 11 is 5.94. The lowest BCUT2D eigenvalue weighted by atomic mass is 10.2. The van der Waals surface area contributed by atoms with Crippen LogP contribution in [0.4, 0.5) is 17.5 Å². The molecular formula is C14H18ClN5. The predicted octanol–water partition coefficient (Wildman–Crippen LogP) is 3.64. The van der Waals surface area contributed by atoms with E-state index in [1.54, 1.807) is 6.20 Å². The van der Waals surface area contributed by atoms with Gasteiger partial charge in [-0.05, 0) is 36.6 Å². The fraction of sp³-hybridized carbons (Fsp3) is 0.357. The maximum atomic E-state index is 5.94. The summed E-state index contributed by atoms with van der Waals surface area (Å²) < 4.78 is 0. The van der Waals surface area contributed by atoms with Gasteiger partial charge >= 0.3 is 0 Å². The lowest BCUT2D eigenvalue weighted by Crippen LogP contribution is -2.11. The van der Waals surface area contributed by atoms with Crippen LogP contribution in [-0.2, 0) is 0 Å². The fourth-order valence-corrected chi connectivity index (χ4v) is 1.87. The first-order valence-corrected chi connectivity index (χ1v) is 6.89. The highest BCUT2D eigenvalue weighted by Crippen LogP contribution is 2.22. The summed E-state index contributed by atoms with van der Waals surface area (Å²) in [5, 5.41) is 15.0. The molecule has 0 aliphatic rings. The number of anilines is 3. The van der Waals surface area contributed by atoms with Crippen molar-refractivity contribution in [3.05, 3.63) is 35.0 Å². The Labute approximate surface area is 123 Å². The van der Waals surface area contributed by atoms with Gasteiger partial charge in [-0.25, -0.2) is 0 Å². The summed E-state index contributed by atoms with van der Waals surface area (Å²) in [5.74, 6) is 1.70. The molecule has 0 fully saturated rings. The average molecular weight is 292 g/mol. The maximum absolute atomic E-state index is 5.94. The molecular weight excluding hydrogens is 274 g/mol. The van der Waals surface area contributed by atoms with Crippen LogP contribution in [0.2, 0.25) is 5.02 Å². The minimum absolute atomic E-state index is 0.522. The summed E-state index contributed by atoms with van der Waals surface area (Å²) in [4.78, 5) is 4.37. The normalized spacial score (nSPS) is 10.7. The number of hydrogen-bond acceptors (Lipinski definition) is 5. The van der Waals surface area contributed by atoms with Gasteiger partial charge in [-0.15, -0.1) is 5.10 Å². The molecule has 0 unspecified atom stereocenters. The zero-order chi connectivity index (χ0) is 14.5. The number of aryl methyl sites for hydroxylation is 1. The third-order valence-electron chi connectivity index (χ3n) is 2.68. The van der Waals surface area contributed by atoms with Crippen LogP contribution in [-0.4, -0.2) is 21.7 Å². The molecule has 0 saturated carbocycles. The van der Waals surface area contributed by atoms with Gasteiger partial charge in [0.15, 0.2) is 5.82 Å². The number of benzene rings is 1. The van der Waals surface area contributed by atoms with E-state index >= 15 is 0 Å². The summed E-state index contributed by atoms with van der Waals surface area (Å²) in [5.41, 5.74) is 2.00. The van der Waals surface area contributed by atoms with Crippen LogP contribution >= 0.6 is 11.6 Å². The summed E-state index contributed by atoms with van der Waals surface area (Å²) in [6.45, 7) is 7.05. The molecule has 1 aromatic carbocycles. The molecule has 2 rings (SSSR count). The van der Waals surface area contributed by atoms with Crippen molar-refractivity contribution in [2.24, 2.45) is 5.92 Å². The molecule has 20 heavy (non-hydrogen) atoms. The van der Waals surface area contributed by atoms with Crippen molar-refractivity contribution in [3.63, 3.8) is 0 Å². The molecule has 0 atom stereocenters.